The zero-order chi connectivity index (χ0) is 24.2. The van der Waals surface area contributed by atoms with Gasteiger partial charge in [0, 0.05) is 37.7 Å². The molecule has 180 valence electrons. The van der Waals surface area contributed by atoms with Crippen LogP contribution in [0.2, 0.25) is 0 Å². The third-order valence-electron chi connectivity index (χ3n) is 6.51. The van der Waals surface area contributed by atoms with Gasteiger partial charge in [-0.25, -0.2) is 9.97 Å². The predicted molar refractivity (Wildman–Crippen MR) is 134 cm³/mol. The van der Waals surface area contributed by atoms with Crippen LogP contribution in [0.3, 0.4) is 0 Å². The van der Waals surface area contributed by atoms with E-state index >= 15 is 0 Å². The van der Waals surface area contributed by atoms with E-state index in [2.05, 4.69) is 15.3 Å². The minimum Gasteiger partial charge on any atom is -0.469 e. The predicted octanol–water partition coefficient (Wildman–Crippen LogP) is 3.40. The van der Waals surface area contributed by atoms with Gasteiger partial charge in [0.15, 0.2) is 11.5 Å². The largest absolute Gasteiger partial charge is 0.469 e. The van der Waals surface area contributed by atoms with Crippen LogP contribution in [-0.4, -0.2) is 39.6 Å². The Morgan fingerprint density at radius 1 is 1.11 bits per heavy atom. The standard InChI is InChI=1S/C27H29N5O3/c1-19(17-22-9-6-16-35-22)29-26(33)21-11-14-31(15-12-21)25-27(34)32(18-20-7-3-2-4-8-20)24-23(30-25)10-5-13-28-24/h2-10,13,16,19,21H,11-12,14-15,17-18H2,1H3,(H,29,33)/t19-/m1/s1. The Hall–Kier alpha value is -3.94. The van der Waals surface area contributed by atoms with Crippen molar-refractivity contribution in [1.82, 2.24) is 19.9 Å². The smallest absolute Gasteiger partial charge is 0.295 e. The first-order chi connectivity index (χ1) is 17.1. The van der Waals surface area contributed by atoms with Gasteiger partial charge in [0.2, 0.25) is 5.91 Å². The molecule has 0 unspecified atom stereocenters. The molecule has 0 bridgehead atoms. The Labute approximate surface area is 203 Å². The van der Waals surface area contributed by atoms with Gasteiger partial charge in [0.25, 0.3) is 5.56 Å². The number of aromatic nitrogens is 3. The molecular formula is C27H29N5O3. The number of hydrogen-bond donors (Lipinski definition) is 1. The Morgan fingerprint density at radius 3 is 2.66 bits per heavy atom. The monoisotopic (exact) mass is 471 g/mol. The molecule has 35 heavy (non-hydrogen) atoms. The number of carbonyl (C=O) groups excluding carboxylic acids is 1. The van der Waals surface area contributed by atoms with Crippen LogP contribution in [0.15, 0.2) is 76.3 Å². The molecule has 4 aromatic rings. The maximum Gasteiger partial charge on any atom is 0.295 e. The van der Waals surface area contributed by atoms with Gasteiger partial charge in [-0.15, -0.1) is 0 Å². The lowest BCUT2D eigenvalue weighted by Gasteiger charge is -2.32. The van der Waals surface area contributed by atoms with Crippen LogP contribution in [0.25, 0.3) is 11.2 Å². The molecule has 3 aromatic heterocycles. The van der Waals surface area contributed by atoms with Gasteiger partial charge in [-0.1, -0.05) is 30.3 Å². The molecule has 1 amide bonds. The number of anilines is 1. The summed E-state index contributed by atoms with van der Waals surface area (Å²) in [7, 11) is 0. The molecule has 1 aliphatic heterocycles. The molecule has 1 N–H and O–H groups in total. The van der Waals surface area contributed by atoms with Crippen molar-refractivity contribution >= 4 is 22.9 Å². The summed E-state index contributed by atoms with van der Waals surface area (Å²) < 4.78 is 7.08. The molecule has 1 saturated heterocycles. The molecule has 1 atom stereocenters. The molecule has 4 heterocycles. The van der Waals surface area contributed by atoms with Crippen molar-refractivity contribution in [2.45, 2.75) is 38.8 Å². The van der Waals surface area contributed by atoms with Crippen LogP contribution < -0.4 is 15.8 Å². The highest BCUT2D eigenvalue weighted by Crippen LogP contribution is 2.22. The van der Waals surface area contributed by atoms with Gasteiger partial charge < -0.3 is 14.6 Å². The van der Waals surface area contributed by atoms with E-state index in [0.717, 1.165) is 11.3 Å². The number of fused-ring (bicyclic) bond motifs is 1. The first kappa shape index (κ1) is 22.8. The van der Waals surface area contributed by atoms with Crippen LogP contribution in [0.4, 0.5) is 5.82 Å². The minimum absolute atomic E-state index is 0.00785. The molecular weight excluding hydrogens is 442 g/mol. The van der Waals surface area contributed by atoms with Crippen molar-refractivity contribution in [3.05, 3.63) is 88.7 Å². The topological polar surface area (TPSA) is 93.3 Å². The van der Waals surface area contributed by atoms with Crippen LogP contribution in [0, 0.1) is 5.92 Å². The lowest BCUT2D eigenvalue weighted by molar-refractivity contribution is -0.126. The summed E-state index contributed by atoms with van der Waals surface area (Å²) in [6.45, 7) is 3.61. The van der Waals surface area contributed by atoms with Crippen molar-refractivity contribution in [1.29, 1.82) is 0 Å². The Bertz CT molecular complexity index is 1340. The van der Waals surface area contributed by atoms with E-state index < -0.39 is 0 Å². The molecule has 5 rings (SSSR count). The summed E-state index contributed by atoms with van der Waals surface area (Å²) in [5.41, 5.74) is 2.13. The first-order valence-corrected chi connectivity index (χ1v) is 12.1. The first-order valence-electron chi connectivity index (χ1n) is 12.1. The molecule has 1 aliphatic rings. The number of rotatable bonds is 7. The lowest BCUT2D eigenvalue weighted by atomic mass is 9.95. The number of pyridine rings is 1. The maximum atomic E-state index is 13.5. The van der Waals surface area contributed by atoms with Crippen LogP contribution in [0.1, 0.15) is 31.1 Å². The fourth-order valence-electron chi connectivity index (χ4n) is 4.68. The van der Waals surface area contributed by atoms with Crippen LogP contribution in [0.5, 0.6) is 0 Å². The van der Waals surface area contributed by atoms with E-state index in [-0.39, 0.29) is 23.4 Å². The highest BCUT2D eigenvalue weighted by molar-refractivity contribution is 5.79. The Morgan fingerprint density at radius 2 is 1.91 bits per heavy atom. The van der Waals surface area contributed by atoms with E-state index in [1.54, 1.807) is 17.0 Å². The van der Waals surface area contributed by atoms with Gasteiger partial charge in [-0.3, -0.25) is 14.2 Å². The van der Waals surface area contributed by atoms with E-state index in [0.29, 0.717) is 55.9 Å². The van der Waals surface area contributed by atoms with E-state index in [1.807, 2.05) is 66.4 Å². The average molecular weight is 472 g/mol. The molecule has 8 nitrogen and oxygen atoms in total. The van der Waals surface area contributed by atoms with Crippen molar-refractivity contribution in [3.8, 4) is 0 Å². The molecule has 0 radical (unpaired) electrons. The number of benzene rings is 1. The summed E-state index contributed by atoms with van der Waals surface area (Å²) in [6, 6.07) is 17.3. The van der Waals surface area contributed by atoms with Crippen molar-refractivity contribution < 1.29 is 9.21 Å². The summed E-state index contributed by atoms with van der Waals surface area (Å²) in [5.74, 6) is 1.25. The summed E-state index contributed by atoms with van der Waals surface area (Å²) in [4.78, 5) is 37.5. The number of nitrogens with one attached hydrogen (secondary N) is 1. The van der Waals surface area contributed by atoms with Gasteiger partial charge in [-0.2, -0.15) is 0 Å². The number of hydrogen-bond acceptors (Lipinski definition) is 6. The average Bonchev–Trinajstić information content (AvgIpc) is 3.39. The van der Waals surface area contributed by atoms with Crippen LogP contribution >= 0.6 is 0 Å². The van der Waals surface area contributed by atoms with E-state index in [4.69, 9.17) is 4.42 Å². The summed E-state index contributed by atoms with van der Waals surface area (Å²) in [5, 5.41) is 3.11. The van der Waals surface area contributed by atoms with E-state index in [1.165, 1.54) is 0 Å². The number of nitrogens with zero attached hydrogens (tertiary/aromatic N) is 4. The summed E-state index contributed by atoms with van der Waals surface area (Å²) >= 11 is 0. The Kier molecular flexibility index (Phi) is 6.61. The minimum atomic E-state index is -0.157. The Balaban J connectivity index is 1.30. The summed E-state index contributed by atoms with van der Waals surface area (Å²) in [6.07, 6.45) is 5.33. The highest BCUT2D eigenvalue weighted by Gasteiger charge is 2.28. The van der Waals surface area contributed by atoms with E-state index in [9.17, 15) is 9.59 Å². The zero-order valence-corrected chi connectivity index (χ0v) is 19.8. The normalized spacial score (nSPS) is 15.3. The number of piperidine rings is 1. The number of furan rings is 1. The van der Waals surface area contributed by atoms with Crippen molar-refractivity contribution in [2.24, 2.45) is 5.92 Å². The van der Waals surface area contributed by atoms with Crippen molar-refractivity contribution in [3.63, 3.8) is 0 Å². The lowest BCUT2D eigenvalue weighted by Crippen LogP contribution is -2.45. The second-order valence-corrected chi connectivity index (χ2v) is 9.11. The van der Waals surface area contributed by atoms with Gasteiger partial charge >= 0.3 is 0 Å². The maximum absolute atomic E-state index is 13.5. The van der Waals surface area contributed by atoms with Gasteiger partial charge in [0.05, 0.1) is 12.8 Å². The number of carbonyl (C=O) groups is 1. The third-order valence-corrected chi connectivity index (χ3v) is 6.51. The fraction of sp³-hybridized carbons (Fsp3) is 0.333. The third kappa shape index (κ3) is 5.11. The zero-order valence-electron chi connectivity index (χ0n) is 19.8. The SMILES string of the molecule is C[C@H](Cc1ccco1)NC(=O)C1CCN(c2nc3cccnc3n(Cc3ccccc3)c2=O)CC1. The molecule has 1 aromatic carbocycles. The molecule has 0 aliphatic carbocycles. The fourth-order valence-corrected chi connectivity index (χ4v) is 4.68. The molecule has 1 fully saturated rings. The van der Waals surface area contributed by atoms with Gasteiger partial charge in [0.1, 0.15) is 11.3 Å². The molecule has 8 heteroatoms. The quantitative estimate of drug-likeness (QED) is 0.444. The second-order valence-electron chi connectivity index (χ2n) is 9.11. The highest BCUT2D eigenvalue weighted by atomic mass is 16.3. The van der Waals surface area contributed by atoms with Crippen LogP contribution in [-0.2, 0) is 17.8 Å². The van der Waals surface area contributed by atoms with Gasteiger partial charge in [-0.05, 0) is 49.6 Å². The van der Waals surface area contributed by atoms with Crippen molar-refractivity contribution in [2.75, 3.05) is 18.0 Å². The number of amides is 1. The second kappa shape index (κ2) is 10.1. The molecule has 0 saturated carbocycles. The molecule has 0 spiro atoms.